The minimum absolute atomic E-state index is 0.630. The fourth-order valence-electron chi connectivity index (χ4n) is 2.35. The SMILES string of the molecule is CCCCOc1cccc(NCCOc2ccc(C)cc2C)c1. The van der Waals surface area contributed by atoms with Gasteiger partial charge in [0.2, 0.25) is 0 Å². The second-order valence-corrected chi connectivity index (χ2v) is 5.77. The smallest absolute Gasteiger partial charge is 0.122 e. The maximum atomic E-state index is 5.83. The molecule has 0 radical (unpaired) electrons. The molecule has 0 atom stereocenters. The number of nitrogens with one attached hydrogen (secondary N) is 1. The Balaban J connectivity index is 1.76. The van der Waals surface area contributed by atoms with Gasteiger partial charge < -0.3 is 14.8 Å². The Bertz CT molecular complexity index is 610. The van der Waals surface area contributed by atoms with E-state index >= 15 is 0 Å². The van der Waals surface area contributed by atoms with Crippen LogP contribution in [0, 0.1) is 13.8 Å². The van der Waals surface area contributed by atoms with E-state index < -0.39 is 0 Å². The molecular formula is C20H27NO2. The van der Waals surface area contributed by atoms with Gasteiger partial charge in [-0.3, -0.25) is 0 Å². The molecule has 0 saturated heterocycles. The molecule has 0 aliphatic heterocycles. The number of ether oxygens (including phenoxy) is 2. The van der Waals surface area contributed by atoms with Crippen molar-refractivity contribution < 1.29 is 9.47 Å². The largest absolute Gasteiger partial charge is 0.494 e. The van der Waals surface area contributed by atoms with Crippen molar-refractivity contribution in [3.8, 4) is 11.5 Å². The van der Waals surface area contributed by atoms with Crippen molar-refractivity contribution in [2.45, 2.75) is 33.6 Å². The van der Waals surface area contributed by atoms with Crippen LogP contribution in [0.1, 0.15) is 30.9 Å². The van der Waals surface area contributed by atoms with Crippen LogP contribution in [0.5, 0.6) is 11.5 Å². The molecule has 124 valence electrons. The van der Waals surface area contributed by atoms with Crippen molar-refractivity contribution >= 4 is 5.69 Å². The van der Waals surface area contributed by atoms with E-state index in [2.05, 4.69) is 38.2 Å². The second-order valence-electron chi connectivity index (χ2n) is 5.77. The third-order valence-electron chi connectivity index (χ3n) is 3.62. The number of anilines is 1. The molecule has 3 nitrogen and oxygen atoms in total. The van der Waals surface area contributed by atoms with Crippen molar-refractivity contribution in [3.63, 3.8) is 0 Å². The summed E-state index contributed by atoms with van der Waals surface area (Å²) in [7, 11) is 0. The van der Waals surface area contributed by atoms with Gasteiger partial charge >= 0.3 is 0 Å². The van der Waals surface area contributed by atoms with Crippen molar-refractivity contribution in [3.05, 3.63) is 53.6 Å². The molecule has 0 unspecified atom stereocenters. The summed E-state index contributed by atoms with van der Waals surface area (Å²) in [6.45, 7) is 8.49. The molecule has 0 amide bonds. The van der Waals surface area contributed by atoms with Gasteiger partial charge in [0.1, 0.15) is 18.1 Å². The van der Waals surface area contributed by atoms with E-state index in [9.17, 15) is 0 Å². The highest BCUT2D eigenvalue weighted by Crippen LogP contribution is 2.19. The summed E-state index contributed by atoms with van der Waals surface area (Å²) in [5, 5.41) is 3.37. The van der Waals surface area contributed by atoms with Crippen LogP contribution in [0.4, 0.5) is 5.69 Å². The molecule has 0 aliphatic rings. The molecule has 0 aliphatic carbocycles. The zero-order valence-corrected chi connectivity index (χ0v) is 14.4. The Labute approximate surface area is 139 Å². The summed E-state index contributed by atoms with van der Waals surface area (Å²) >= 11 is 0. The third kappa shape index (κ3) is 5.85. The highest BCUT2D eigenvalue weighted by Gasteiger charge is 2.00. The van der Waals surface area contributed by atoms with Crippen LogP contribution >= 0.6 is 0 Å². The maximum Gasteiger partial charge on any atom is 0.122 e. The van der Waals surface area contributed by atoms with Gasteiger partial charge in [-0.15, -0.1) is 0 Å². The molecule has 0 spiro atoms. The molecule has 0 aromatic heterocycles. The first-order valence-electron chi connectivity index (χ1n) is 8.36. The Kier molecular flexibility index (Phi) is 6.79. The molecule has 2 rings (SSSR count). The maximum absolute atomic E-state index is 5.83. The molecule has 1 N–H and O–H groups in total. The summed E-state index contributed by atoms with van der Waals surface area (Å²) in [6, 6.07) is 14.3. The topological polar surface area (TPSA) is 30.5 Å². The first-order chi connectivity index (χ1) is 11.2. The number of hydrogen-bond acceptors (Lipinski definition) is 3. The molecule has 23 heavy (non-hydrogen) atoms. The van der Waals surface area contributed by atoms with Gasteiger partial charge in [-0.25, -0.2) is 0 Å². The van der Waals surface area contributed by atoms with Crippen LogP contribution in [0.2, 0.25) is 0 Å². The summed E-state index contributed by atoms with van der Waals surface area (Å²) in [5.74, 6) is 1.87. The molecule has 0 saturated carbocycles. The second kappa shape index (κ2) is 9.09. The zero-order valence-electron chi connectivity index (χ0n) is 14.4. The number of hydrogen-bond donors (Lipinski definition) is 1. The standard InChI is InChI=1S/C20H27NO2/c1-4-5-12-22-19-8-6-7-18(15-19)21-11-13-23-20-10-9-16(2)14-17(20)3/h6-10,14-15,21H,4-5,11-13H2,1-3H3. The normalized spacial score (nSPS) is 10.4. The number of benzene rings is 2. The lowest BCUT2D eigenvalue weighted by atomic mass is 10.1. The average Bonchev–Trinajstić information content (AvgIpc) is 2.54. The molecule has 0 fully saturated rings. The molecule has 0 heterocycles. The van der Waals surface area contributed by atoms with E-state index in [1.807, 2.05) is 30.3 Å². The van der Waals surface area contributed by atoms with Gasteiger partial charge in [0.25, 0.3) is 0 Å². The lowest BCUT2D eigenvalue weighted by molar-refractivity contribution is 0.309. The Morgan fingerprint density at radius 1 is 0.957 bits per heavy atom. The fraction of sp³-hybridized carbons (Fsp3) is 0.400. The van der Waals surface area contributed by atoms with E-state index in [0.29, 0.717) is 6.61 Å². The molecule has 2 aromatic carbocycles. The fourth-order valence-corrected chi connectivity index (χ4v) is 2.35. The monoisotopic (exact) mass is 313 g/mol. The van der Waals surface area contributed by atoms with Crippen LogP contribution in [0.25, 0.3) is 0 Å². The highest BCUT2D eigenvalue weighted by molar-refractivity contribution is 5.48. The lowest BCUT2D eigenvalue weighted by Gasteiger charge is -2.12. The minimum atomic E-state index is 0.630. The summed E-state index contributed by atoms with van der Waals surface area (Å²) in [4.78, 5) is 0. The van der Waals surface area contributed by atoms with E-state index in [0.717, 1.165) is 43.2 Å². The highest BCUT2D eigenvalue weighted by atomic mass is 16.5. The molecule has 0 bridgehead atoms. The van der Waals surface area contributed by atoms with Crippen LogP contribution < -0.4 is 14.8 Å². The predicted molar refractivity (Wildman–Crippen MR) is 96.7 cm³/mol. The number of rotatable bonds is 9. The first-order valence-corrected chi connectivity index (χ1v) is 8.36. The Morgan fingerprint density at radius 3 is 2.61 bits per heavy atom. The summed E-state index contributed by atoms with van der Waals surface area (Å²) < 4.78 is 11.5. The number of aryl methyl sites for hydroxylation is 2. The van der Waals surface area contributed by atoms with Crippen molar-refractivity contribution in [1.82, 2.24) is 0 Å². The Morgan fingerprint density at radius 2 is 1.83 bits per heavy atom. The average molecular weight is 313 g/mol. The zero-order chi connectivity index (χ0) is 16.5. The molecular weight excluding hydrogens is 286 g/mol. The van der Waals surface area contributed by atoms with Crippen LogP contribution in [0.15, 0.2) is 42.5 Å². The van der Waals surface area contributed by atoms with Gasteiger partial charge in [0.15, 0.2) is 0 Å². The first kappa shape index (κ1) is 17.2. The van der Waals surface area contributed by atoms with Crippen LogP contribution in [-0.2, 0) is 0 Å². The van der Waals surface area contributed by atoms with E-state index in [1.165, 1.54) is 11.1 Å². The minimum Gasteiger partial charge on any atom is -0.494 e. The van der Waals surface area contributed by atoms with Crippen molar-refractivity contribution in [2.75, 3.05) is 25.1 Å². The van der Waals surface area contributed by atoms with Crippen LogP contribution in [0.3, 0.4) is 0 Å². The predicted octanol–water partition coefficient (Wildman–Crippen LogP) is 4.97. The van der Waals surface area contributed by atoms with Gasteiger partial charge in [-0.1, -0.05) is 37.1 Å². The van der Waals surface area contributed by atoms with Gasteiger partial charge in [0.05, 0.1) is 6.61 Å². The summed E-state index contributed by atoms with van der Waals surface area (Å²) in [5.41, 5.74) is 3.49. The van der Waals surface area contributed by atoms with Gasteiger partial charge in [-0.05, 0) is 44.0 Å². The van der Waals surface area contributed by atoms with Crippen molar-refractivity contribution in [2.24, 2.45) is 0 Å². The van der Waals surface area contributed by atoms with Gasteiger partial charge in [0, 0.05) is 18.3 Å². The molecule has 2 aromatic rings. The molecule has 3 heteroatoms. The Hall–Kier alpha value is -2.16. The van der Waals surface area contributed by atoms with E-state index in [4.69, 9.17) is 9.47 Å². The van der Waals surface area contributed by atoms with Gasteiger partial charge in [-0.2, -0.15) is 0 Å². The number of unbranched alkanes of at least 4 members (excludes halogenated alkanes) is 1. The van der Waals surface area contributed by atoms with Crippen LogP contribution in [-0.4, -0.2) is 19.8 Å². The quantitative estimate of drug-likeness (QED) is 0.663. The lowest BCUT2D eigenvalue weighted by Crippen LogP contribution is -2.12. The van der Waals surface area contributed by atoms with Crippen molar-refractivity contribution in [1.29, 1.82) is 0 Å². The van der Waals surface area contributed by atoms with E-state index in [-0.39, 0.29) is 0 Å². The summed E-state index contributed by atoms with van der Waals surface area (Å²) in [6.07, 6.45) is 2.23. The third-order valence-corrected chi connectivity index (χ3v) is 3.62. The van der Waals surface area contributed by atoms with E-state index in [1.54, 1.807) is 0 Å².